The molecule has 2 aromatic rings. The molecular weight excluding hydrogens is 505 g/mol. The van der Waals surface area contributed by atoms with Crippen LogP contribution in [0.5, 0.6) is 0 Å². The van der Waals surface area contributed by atoms with Crippen LogP contribution in [0.3, 0.4) is 0 Å². The molecule has 14 heteroatoms. The van der Waals surface area contributed by atoms with E-state index in [0.29, 0.717) is 43.1 Å². The number of benzene rings is 1. The van der Waals surface area contributed by atoms with Gasteiger partial charge in [-0.25, -0.2) is 9.18 Å². The third-order valence-electron chi connectivity index (χ3n) is 6.22. The summed E-state index contributed by atoms with van der Waals surface area (Å²) in [6.45, 7) is 1.77. The van der Waals surface area contributed by atoms with Gasteiger partial charge >= 0.3 is 6.09 Å². The number of nitrogens with zero attached hydrogens (tertiary/aromatic N) is 6. The first-order chi connectivity index (χ1) is 17.7. The molecule has 4 rings (SSSR count). The maximum Gasteiger partial charge on any atom is 0.416 e. The van der Waals surface area contributed by atoms with E-state index in [4.69, 9.17) is 32.6 Å². The van der Waals surface area contributed by atoms with Crippen LogP contribution in [0.4, 0.5) is 20.6 Å². The number of carbonyl (C=O) groups excluding carboxylic acids is 2. The highest BCUT2D eigenvalue weighted by atomic mass is 32.1. The van der Waals surface area contributed by atoms with Gasteiger partial charge in [0, 0.05) is 39.4 Å². The number of pyridine rings is 1. The number of rotatable bonds is 5. The van der Waals surface area contributed by atoms with Crippen LogP contribution < -0.4 is 15.5 Å². The van der Waals surface area contributed by atoms with Crippen LogP contribution >= 0.6 is 12.2 Å². The van der Waals surface area contributed by atoms with Crippen molar-refractivity contribution >= 4 is 46.6 Å². The Hall–Kier alpha value is -4.20. The van der Waals surface area contributed by atoms with Crippen LogP contribution in [-0.4, -0.2) is 96.1 Å². The highest BCUT2D eigenvalue weighted by Crippen LogP contribution is 2.29. The van der Waals surface area contributed by atoms with Gasteiger partial charge in [0.05, 0.1) is 30.6 Å². The van der Waals surface area contributed by atoms with Crippen molar-refractivity contribution in [3.8, 4) is 0 Å². The van der Waals surface area contributed by atoms with Crippen molar-refractivity contribution in [2.45, 2.75) is 6.23 Å². The number of aromatic nitrogens is 1. The van der Waals surface area contributed by atoms with E-state index in [9.17, 15) is 9.59 Å². The van der Waals surface area contributed by atoms with Gasteiger partial charge in [0.2, 0.25) is 0 Å². The molecule has 0 radical (unpaired) electrons. The third-order valence-corrected chi connectivity index (χ3v) is 6.68. The number of halogens is 1. The summed E-state index contributed by atoms with van der Waals surface area (Å²) < 4.78 is 25.5. The number of nitrogens with two attached hydrogens (primary N) is 1. The first-order valence-electron chi connectivity index (χ1n) is 11.3. The van der Waals surface area contributed by atoms with Crippen LogP contribution in [0.1, 0.15) is 16.1 Å². The van der Waals surface area contributed by atoms with Gasteiger partial charge in [-0.15, -0.1) is 0 Å². The number of ether oxygens (including phenoxy) is 2. The average Bonchev–Trinajstić information content (AvgIpc) is 3.32. The molecule has 1 unspecified atom stereocenters. The summed E-state index contributed by atoms with van der Waals surface area (Å²) in [5, 5.41) is 11.8. The minimum atomic E-state index is -0.653. The number of hydrogen-bond acceptors (Lipinski definition) is 9. The lowest BCUT2D eigenvalue weighted by Gasteiger charge is -2.36. The van der Waals surface area contributed by atoms with Crippen LogP contribution in [0.25, 0.3) is 0 Å². The third kappa shape index (κ3) is 5.33. The van der Waals surface area contributed by atoms with Gasteiger partial charge in [0.15, 0.2) is 12.1 Å². The van der Waals surface area contributed by atoms with Crippen LogP contribution in [-0.2, 0) is 9.47 Å². The molecule has 0 saturated carbocycles. The number of cyclic esters (lactones) is 1. The summed E-state index contributed by atoms with van der Waals surface area (Å²) in [7, 11) is 3.08. The van der Waals surface area contributed by atoms with Gasteiger partial charge in [-0.05, 0) is 42.5 Å². The van der Waals surface area contributed by atoms with Crippen molar-refractivity contribution < 1.29 is 28.7 Å². The Bertz CT molecular complexity index is 1220. The Morgan fingerprint density at radius 3 is 2.62 bits per heavy atom. The smallest absolute Gasteiger partial charge is 0.416 e. The van der Waals surface area contributed by atoms with E-state index in [1.807, 2.05) is 4.90 Å². The zero-order valence-electron chi connectivity index (χ0n) is 20.2. The van der Waals surface area contributed by atoms with E-state index in [1.165, 1.54) is 35.2 Å². The number of methoxy groups -OCH3 is 1. The van der Waals surface area contributed by atoms with E-state index in [-0.39, 0.29) is 29.2 Å². The summed E-state index contributed by atoms with van der Waals surface area (Å²) in [4.78, 5) is 35.6. The monoisotopic (exact) mass is 531 g/mol. The summed E-state index contributed by atoms with van der Waals surface area (Å²) in [6.07, 6.45) is 0.110. The Morgan fingerprint density at radius 2 is 2.03 bits per heavy atom. The van der Waals surface area contributed by atoms with E-state index in [2.05, 4.69) is 10.1 Å². The SMILES string of the molecule is COC(=S)N(C)C1CN(c2ccc(N3CCN(C(=O)c4ccc(/C(N)=N\O)nc4)CC3)c(F)c2)C(=O)O1. The summed E-state index contributed by atoms with van der Waals surface area (Å²) >= 11 is 5.07. The number of amidine groups is 1. The number of oxime groups is 1. The Balaban J connectivity index is 1.38. The topological polar surface area (TPSA) is 137 Å². The van der Waals surface area contributed by atoms with Crippen molar-refractivity contribution in [3.63, 3.8) is 0 Å². The first kappa shape index (κ1) is 25.9. The van der Waals surface area contributed by atoms with Crippen molar-refractivity contribution in [1.82, 2.24) is 14.8 Å². The normalized spacial score (nSPS) is 18.0. The number of amides is 2. The van der Waals surface area contributed by atoms with Crippen LogP contribution in [0.2, 0.25) is 0 Å². The molecule has 2 aliphatic rings. The second-order valence-electron chi connectivity index (χ2n) is 8.36. The Morgan fingerprint density at radius 1 is 1.30 bits per heavy atom. The zero-order chi connectivity index (χ0) is 26.7. The number of thiocarbonyl (C=S) groups is 1. The lowest BCUT2D eigenvalue weighted by Crippen LogP contribution is -2.49. The predicted molar refractivity (Wildman–Crippen MR) is 136 cm³/mol. The highest BCUT2D eigenvalue weighted by Gasteiger charge is 2.36. The summed E-state index contributed by atoms with van der Waals surface area (Å²) in [5.41, 5.74) is 6.86. The minimum absolute atomic E-state index is 0.148. The van der Waals surface area contributed by atoms with E-state index in [1.54, 1.807) is 30.1 Å². The van der Waals surface area contributed by atoms with E-state index >= 15 is 4.39 Å². The molecular formula is C23H26FN7O5S. The number of piperazine rings is 1. The molecule has 0 bridgehead atoms. The lowest BCUT2D eigenvalue weighted by atomic mass is 10.1. The highest BCUT2D eigenvalue weighted by molar-refractivity contribution is 7.80. The summed E-state index contributed by atoms with van der Waals surface area (Å²) in [6, 6.07) is 7.62. The number of hydrogen-bond donors (Lipinski definition) is 2. The molecule has 2 saturated heterocycles. The fraction of sp³-hybridized carbons (Fsp3) is 0.348. The largest absolute Gasteiger partial charge is 0.474 e. The van der Waals surface area contributed by atoms with Crippen LogP contribution in [0.15, 0.2) is 41.7 Å². The van der Waals surface area contributed by atoms with Gasteiger partial charge in [-0.3, -0.25) is 19.6 Å². The van der Waals surface area contributed by atoms with Gasteiger partial charge in [0.25, 0.3) is 11.1 Å². The van der Waals surface area contributed by atoms with Gasteiger partial charge in [-0.1, -0.05) is 5.16 Å². The van der Waals surface area contributed by atoms with Gasteiger partial charge < -0.3 is 30.2 Å². The first-order valence-corrected chi connectivity index (χ1v) is 11.7. The molecule has 196 valence electrons. The molecule has 2 aliphatic heterocycles. The molecule has 2 amide bonds. The molecule has 37 heavy (non-hydrogen) atoms. The second-order valence-corrected chi connectivity index (χ2v) is 8.71. The predicted octanol–water partition coefficient (Wildman–Crippen LogP) is 1.42. The number of carbonyl (C=O) groups is 2. The van der Waals surface area contributed by atoms with Gasteiger partial charge in [0.1, 0.15) is 11.5 Å². The van der Waals surface area contributed by atoms with Crippen molar-refractivity contribution in [1.29, 1.82) is 0 Å². The molecule has 1 aromatic heterocycles. The maximum atomic E-state index is 15.1. The average molecular weight is 532 g/mol. The van der Waals surface area contributed by atoms with Crippen molar-refractivity contribution in [2.24, 2.45) is 10.9 Å². The second kappa shape index (κ2) is 10.8. The maximum absolute atomic E-state index is 15.1. The number of likely N-dealkylation sites (N-methyl/N-ethyl adjacent to an activating group) is 1. The molecule has 3 heterocycles. The Labute approximate surface area is 217 Å². The van der Waals surface area contributed by atoms with E-state index in [0.717, 1.165) is 0 Å². The lowest BCUT2D eigenvalue weighted by molar-refractivity contribution is 0.0677. The fourth-order valence-electron chi connectivity index (χ4n) is 4.10. The summed E-state index contributed by atoms with van der Waals surface area (Å²) in [5.74, 6) is -0.851. The molecule has 2 fully saturated rings. The fourth-order valence-corrected chi connectivity index (χ4v) is 4.22. The molecule has 0 aliphatic carbocycles. The molecule has 12 nitrogen and oxygen atoms in total. The van der Waals surface area contributed by atoms with Gasteiger partial charge in [-0.2, -0.15) is 0 Å². The molecule has 1 aromatic carbocycles. The van der Waals surface area contributed by atoms with Crippen LogP contribution in [0, 0.1) is 5.82 Å². The molecule has 1 atom stereocenters. The molecule has 0 spiro atoms. The number of anilines is 2. The Kier molecular flexibility index (Phi) is 7.57. The standard InChI is InChI=1S/C23H26FN7O5S/c1-28(23(37)35-2)19-13-31(22(33)36-19)15-4-6-18(16(24)11-15)29-7-9-30(10-8-29)21(32)14-3-5-17(26-12-14)20(25)27-34/h3-6,11-12,19,34H,7-10,13H2,1-2H3,(H2,25,27). The van der Waals surface area contributed by atoms with Crippen molar-refractivity contribution in [2.75, 3.05) is 56.7 Å². The quantitative estimate of drug-likeness (QED) is 0.192. The van der Waals surface area contributed by atoms with Crippen molar-refractivity contribution in [3.05, 3.63) is 53.6 Å². The minimum Gasteiger partial charge on any atom is -0.474 e. The zero-order valence-corrected chi connectivity index (χ0v) is 21.0. The molecule has 3 N–H and O–H groups in total. The van der Waals surface area contributed by atoms with E-state index < -0.39 is 18.1 Å².